The Morgan fingerprint density at radius 1 is 1.08 bits per heavy atom. The van der Waals surface area contributed by atoms with Gasteiger partial charge < -0.3 is 10.6 Å². The van der Waals surface area contributed by atoms with E-state index in [-0.39, 0.29) is 6.03 Å². The van der Waals surface area contributed by atoms with Gasteiger partial charge in [0.1, 0.15) is 0 Å². The molecule has 2 aromatic carbocycles. The molecule has 1 aliphatic heterocycles. The summed E-state index contributed by atoms with van der Waals surface area (Å²) in [5.41, 5.74) is 4.66. The summed E-state index contributed by atoms with van der Waals surface area (Å²) in [7, 11) is 0. The molecule has 1 fully saturated rings. The standard InChI is InChI=1S/C22H29N3O/c1-17-6-5-8-20(14-17)16-25-12-10-19(11-13-25)15-23-22(26)24-21-9-4-3-7-18(21)2/h3-9,14,19H,10-13,15-16H2,1-2H3,(H2,23,24,26). The molecule has 0 aliphatic carbocycles. The van der Waals surface area contributed by atoms with Gasteiger partial charge in [0, 0.05) is 18.8 Å². The zero-order valence-corrected chi connectivity index (χ0v) is 15.8. The number of urea groups is 1. The van der Waals surface area contributed by atoms with Crippen LogP contribution in [0.15, 0.2) is 48.5 Å². The molecule has 0 saturated carbocycles. The number of carbonyl (C=O) groups excluding carboxylic acids is 1. The zero-order valence-electron chi connectivity index (χ0n) is 15.8. The van der Waals surface area contributed by atoms with E-state index < -0.39 is 0 Å². The topological polar surface area (TPSA) is 44.4 Å². The number of rotatable bonds is 5. The van der Waals surface area contributed by atoms with Crippen molar-refractivity contribution in [2.45, 2.75) is 33.2 Å². The van der Waals surface area contributed by atoms with Gasteiger partial charge in [0.2, 0.25) is 0 Å². The summed E-state index contributed by atoms with van der Waals surface area (Å²) in [6.45, 7) is 8.11. The third-order valence-corrected chi connectivity index (χ3v) is 5.14. The fourth-order valence-electron chi connectivity index (χ4n) is 3.53. The molecule has 26 heavy (non-hydrogen) atoms. The minimum Gasteiger partial charge on any atom is -0.338 e. The molecule has 0 bridgehead atoms. The van der Waals surface area contributed by atoms with Crippen molar-refractivity contribution in [2.24, 2.45) is 5.92 Å². The number of anilines is 1. The Bertz CT molecular complexity index is 736. The minimum atomic E-state index is -0.110. The number of likely N-dealkylation sites (tertiary alicyclic amines) is 1. The van der Waals surface area contributed by atoms with Gasteiger partial charge in [-0.05, 0) is 62.9 Å². The molecule has 2 N–H and O–H groups in total. The highest BCUT2D eigenvalue weighted by molar-refractivity contribution is 5.89. The molecule has 3 rings (SSSR count). The number of nitrogens with zero attached hydrogens (tertiary/aromatic N) is 1. The number of hydrogen-bond donors (Lipinski definition) is 2. The zero-order chi connectivity index (χ0) is 18.4. The predicted octanol–water partition coefficient (Wildman–Crippen LogP) is 4.34. The Hall–Kier alpha value is -2.33. The third-order valence-electron chi connectivity index (χ3n) is 5.14. The summed E-state index contributed by atoms with van der Waals surface area (Å²) in [4.78, 5) is 14.6. The Labute approximate surface area is 156 Å². The van der Waals surface area contributed by atoms with Crippen LogP contribution in [0, 0.1) is 19.8 Å². The highest BCUT2D eigenvalue weighted by atomic mass is 16.2. The van der Waals surface area contributed by atoms with Crippen LogP contribution >= 0.6 is 0 Å². The van der Waals surface area contributed by atoms with Gasteiger partial charge in [-0.2, -0.15) is 0 Å². The summed E-state index contributed by atoms with van der Waals surface area (Å²) in [6, 6.07) is 16.5. The van der Waals surface area contributed by atoms with Crippen LogP contribution in [0.5, 0.6) is 0 Å². The highest BCUT2D eigenvalue weighted by Crippen LogP contribution is 2.19. The Balaban J connectivity index is 1.39. The average Bonchev–Trinajstić information content (AvgIpc) is 2.63. The van der Waals surface area contributed by atoms with Crippen LogP contribution < -0.4 is 10.6 Å². The van der Waals surface area contributed by atoms with Gasteiger partial charge in [0.05, 0.1) is 0 Å². The summed E-state index contributed by atoms with van der Waals surface area (Å²) in [5.74, 6) is 0.561. The van der Waals surface area contributed by atoms with Crippen molar-refractivity contribution in [3.63, 3.8) is 0 Å². The summed E-state index contributed by atoms with van der Waals surface area (Å²) >= 11 is 0. The van der Waals surface area contributed by atoms with Crippen LogP contribution in [0.25, 0.3) is 0 Å². The maximum absolute atomic E-state index is 12.1. The lowest BCUT2D eigenvalue weighted by Crippen LogP contribution is -2.39. The highest BCUT2D eigenvalue weighted by Gasteiger charge is 2.19. The monoisotopic (exact) mass is 351 g/mol. The van der Waals surface area contributed by atoms with Crippen LogP contribution in [0.3, 0.4) is 0 Å². The number of aryl methyl sites for hydroxylation is 2. The number of hydrogen-bond acceptors (Lipinski definition) is 2. The number of para-hydroxylation sites is 1. The fourth-order valence-corrected chi connectivity index (χ4v) is 3.53. The number of amides is 2. The van der Waals surface area contributed by atoms with E-state index in [0.717, 1.165) is 50.3 Å². The molecule has 1 heterocycles. The number of piperidine rings is 1. The lowest BCUT2D eigenvalue weighted by atomic mass is 9.96. The van der Waals surface area contributed by atoms with Crippen LogP contribution in [0.2, 0.25) is 0 Å². The van der Waals surface area contributed by atoms with Gasteiger partial charge >= 0.3 is 6.03 Å². The van der Waals surface area contributed by atoms with Crippen molar-refractivity contribution >= 4 is 11.7 Å². The lowest BCUT2D eigenvalue weighted by molar-refractivity contribution is 0.175. The molecule has 1 saturated heterocycles. The molecule has 0 atom stereocenters. The van der Waals surface area contributed by atoms with E-state index in [1.54, 1.807) is 0 Å². The van der Waals surface area contributed by atoms with E-state index in [4.69, 9.17) is 0 Å². The van der Waals surface area contributed by atoms with Crippen LogP contribution in [0.1, 0.15) is 29.5 Å². The molecular formula is C22H29N3O. The summed E-state index contributed by atoms with van der Waals surface area (Å²) in [6.07, 6.45) is 2.27. The predicted molar refractivity (Wildman–Crippen MR) is 107 cm³/mol. The number of carbonyl (C=O) groups is 1. The SMILES string of the molecule is Cc1cccc(CN2CCC(CNC(=O)Nc3ccccc3C)CC2)c1. The van der Waals surface area contributed by atoms with Crippen LogP contribution in [0.4, 0.5) is 10.5 Å². The maximum Gasteiger partial charge on any atom is 0.319 e. The molecule has 2 aromatic rings. The van der Waals surface area contributed by atoms with Crippen molar-refractivity contribution in [3.8, 4) is 0 Å². The second-order valence-corrected chi connectivity index (χ2v) is 7.36. The van der Waals surface area contributed by atoms with Gasteiger partial charge in [-0.15, -0.1) is 0 Å². The first-order valence-electron chi connectivity index (χ1n) is 9.48. The Morgan fingerprint density at radius 3 is 2.58 bits per heavy atom. The van der Waals surface area contributed by atoms with Crippen molar-refractivity contribution in [2.75, 3.05) is 25.0 Å². The van der Waals surface area contributed by atoms with E-state index in [2.05, 4.69) is 46.7 Å². The van der Waals surface area contributed by atoms with Gasteiger partial charge in [0.15, 0.2) is 0 Å². The van der Waals surface area contributed by atoms with Crippen molar-refractivity contribution < 1.29 is 4.79 Å². The Morgan fingerprint density at radius 2 is 1.85 bits per heavy atom. The second-order valence-electron chi connectivity index (χ2n) is 7.36. The van der Waals surface area contributed by atoms with Gasteiger partial charge in [-0.25, -0.2) is 4.79 Å². The van der Waals surface area contributed by atoms with Crippen molar-refractivity contribution in [3.05, 3.63) is 65.2 Å². The van der Waals surface area contributed by atoms with Gasteiger partial charge in [-0.1, -0.05) is 48.0 Å². The molecule has 0 radical (unpaired) electrons. The van der Waals surface area contributed by atoms with Crippen molar-refractivity contribution in [1.82, 2.24) is 10.2 Å². The molecule has 4 nitrogen and oxygen atoms in total. The molecule has 2 amide bonds. The van der Waals surface area contributed by atoms with E-state index >= 15 is 0 Å². The van der Waals surface area contributed by atoms with Gasteiger partial charge in [0.25, 0.3) is 0 Å². The Kier molecular flexibility index (Phi) is 6.29. The lowest BCUT2D eigenvalue weighted by Gasteiger charge is -2.32. The fraction of sp³-hybridized carbons (Fsp3) is 0.409. The second kappa shape index (κ2) is 8.86. The van der Waals surface area contributed by atoms with Crippen molar-refractivity contribution in [1.29, 1.82) is 0 Å². The first kappa shape index (κ1) is 18.5. The first-order chi connectivity index (χ1) is 12.6. The normalized spacial score (nSPS) is 15.6. The minimum absolute atomic E-state index is 0.110. The summed E-state index contributed by atoms with van der Waals surface area (Å²) in [5, 5.41) is 5.97. The van der Waals surface area contributed by atoms with Crippen LogP contribution in [-0.4, -0.2) is 30.6 Å². The first-order valence-corrected chi connectivity index (χ1v) is 9.48. The molecule has 0 unspecified atom stereocenters. The largest absolute Gasteiger partial charge is 0.338 e. The summed E-state index contributed by atoms with van der Waals surface area (Å²) < 4.78 is 0. The maximum atomic E-state index is 12.1. The molecule has 4 heteroatoms. The van der Waals surface area contributed by atoms with Crippen LogP contribution in [-0.2, 0) is 6.54 Å². The molecule has 0 spiro atoms. The van der Waals surface area contributed by atoms with Gasteiger partial charge in [-0.3, -0.25) is 4.90 Å². The van der Waals surface area contributed by atoms with E-state index in [0.29, 0.717) is 5.92 Å². The van der Waals surface area contributed by atoms with E-state index in [9.17, 15) is 4.79 Å². The molecular weight excluding hydrogens is 322 g/mol. The number of benzene rings is 2. The average molecular weight is 351 g/mol. The quantitative estimate of drug-likeness (QED) is 0.842. The van der Waals surface area contributed by atoms with E-state index in [1.807, 2.05) is 31.2 Å². The third kappa shape index (κ3) is 5.33. The molecule has 1 aliphatic rings. The smallest absolute Gasteiger partial charge is 0.319 e. The molecule has 0 aromatic heterocycles. The molecule has 138 valence electrons. The number of nitrogens with one attached hydrogen (secondary N) is 2. The van der Waals surface area contributed by atoms with E-state index in [1.165, 1.54) is 11.1 Å².